The number of rotatable bonds is 4. The second-order valence-corrected chi connectivity index (χ2v) is 6.17. The van der Waals surface area contributed by atoms with Crippen LogP contribution in [0, 0.1) is 0 Å². The first-order valence-corrected chi connectivity index (χ1v) is 8.17. The molecule has 1 aliphatic rings. The van der Waals surface area contributed by atoms with Gasteiger partial charge in [0.25, 0.3) is 0 Å². The van der Waals surface area contributed by atoms with Crippen LogP contribution in [0.5, 0.6) is 11.5 Å². The van der Waals surface area contributed by atoms with Crippen LogP contribution in [-0.2, 0) is 17.7 Å². The standard InChI is InChI=1S/C17H18Cl2N2O4/c1-10(4-2-3-6-20)9-25-17(24)21-7-5-11-12(8-21)14(19)16(23)15(22)13(11)18/h2-4,6,22-23H,1,5,7-9,20H2/b4-2-,6-3-. The summed E-state index contributed by atoms with van der Waals surface area (Å²) in [4.78, 5) is 13.6. The Balaban J connectivity index is 2.05. The average Bonchev–Trinajstić information content (AvgIpc) is 2.62. The molecule has 0 radical (unpaired) electrons. The smallest absolute Gasteiger partial charge is 0.410 e. The maximum absolute atomic E-state index is 12.2. The molecule has 0 bridgehead atoms. The van der Waals surface area contributed by atoms with E-state index < -0.39 is 17.6 Å². The van der Waals surface area contributed by atoms with E-state index in [2.05, 4.69) is 6.58 Å². The Morgan fingerprint density at radius 1 is 1.24 bits per heavy atom. The fraction of sp³-hybridized carbons (Fsp3) is 0.235. The monoisotopic (exact) mass is 384 g/mol. The molecule has 1 heterocycles. The first kappa shape index (κ1) is 19.0. The topological polar surface area (TPSA) is 96.0 Å². The summed E-state index contributed by atoms with van der Waals surface area (Å²) in [5, 5.41) is 19.6. The second kappa shape index (κ2) is 8.18. The summed E-state index contributed by atoms with van der Waals surface area (Å²) < 4.78 is 5.21. The van der Waals surface area contributed by atoms with E-state index >= 15 is 0 Å². The highest BCUT2D eigenvalue weighted by molar-refractivity contribution is 6.36. The van der Waals surface area contributed by atoms with Gasteiger partial charge in [-0.1, -0.05) is 41.9 Å². The van der Waals surface area contributed by atoms with Gasteiger partial charge in [0.1, 0.15) is 6.61 Å². The number of aromatic hydroxyl groups is 2. The molecule has 25 heavy (non-hydrogen) atoms. The first-order valence-electron chi connectivity index (χ1n) is 7.41. The van der Waals surface area contributed by atoms with Crippen molar-refractivity contribution in [2.45, 2.75) is 13.0 Å². The van der Waals surface area contributed by atoms with E-state index in [1.165, 1.54) is 11.1 Å². The molecule has 1 aromatic carbocycles. The highest BCUT2D eigenvalue weighted by Gasteiger charge is 2.29. The Morgan fingerprint density at radius 2 is 1.88 bits per heavy atom. The number of allylic oxidation sites excluding steroid dienone is 2. The molecule has 0 unspecified atom stereocenters. The predicted molar refractivity (Wildman–Crippen MR) is 96.9 cm³/mol. The Morgan fingerprint density at radius 3 is 2.52 bits per heavy atom. The van der Waals surface area contributed by atoms with Crippen molar-refractivity contribution in [3.8, 4) is 11.5 Å². The Kier molecular flexibility index (Phi) is 6.22. The molecule has 0 spiro atoms. The van der Waals surface area contributed by atoms with Gasteiger partial charge < -0.3 is 25.6 Å². The number of ether oxygens (including phenoxy) is 1. The third kappa shape index (κ3) is 4.21. The molecular formula is C17H18Cl2N2O4. The lowest BCUT2D eigenvalue weighted by Crippen LogP contribution is -2.36. The number of phenols is 2. The molecule has 8 heteroatoms. The summed E-state index contributed by atoms with van der Waals surface area (Å²) in [7, 11) is 0. The fourth-order valence-electron chi connectivity index (χ4n) is 2.41. The summed E-state index contributed by atoms with van der Waals surface area (Å²) in [6.07, 6.45) is 6.23. The van der Waals surface area contributed by atoms with Crippen LogP contribution in [-0.4, -0.2) is 34.4 Å². The number of hydrogen-bond acceptors (Lipinski definition) is 5. The zero-order valence-electron chi connectivity index (χ0n) is 13.3. The summed E-state index contributed by atoms with van der Waals surface area (Å²) in [5.41, 5.74) is 6.93. The molecule has 134 valence electrons. The van der Waals surface area contributed by atoms with E-state index in [1.54, 1.807) is 18.2 Å². The van der Waals surface area contributed by atoms with Crippen LogP contribution in [0.15, 0.2) is 36.6 Å². The maximum atomic E-state index is 12.2. The van der Waals surface area contributed by atoms with Crippen molar-refractivity contribution in [3.05, 3.63) is 57.8 Å². The van der Waals surface area contributed by atoms with Crippen molar-refractivity contribution >= 4 is 29.3 Å². The minimum Gasteiger partial charge on any atom is -0.503 e. The summed E-state index contributed by atoms with van der Waals surface area (Å²) in [5.74, 6) is -0.942. The van der Waals surface area contributed by atoms with Gasteiger partial charge in [-0.3, -0.25) is 0 Å². The molecule has 4 N–H and O–H groups in total. The molecule has 0 aliphatic carbocycles. The predicted octanol–water partition coefficient (Wildman–Crippen LogP) is 3.48. The molecule has 0 saturated heterocycles. The molecule has 0 atom stereocenters. The summed E-state index contributed by atoms with van der Waals surface area (Å²) in [6.45, 7) is 4.28. The van der Waals surface area contributed by atoms with Gasteiger partial charge in [-0.25, -0.2) is 4.79 Å². The number of carbonyl (C=O) groups excluding carboxylic acids is 1. The molecule has 0 saturated carbocycles. The van der Waals surface area contributed by atoms with E-state index in [9.17, 15) is 15.0 Å². The number of phenolic OH excluding ortho intramolecular Hbond substituents is 2. The van der Waals surface area contributed by atoms with Gasteiger partial charge in [-0.05, 0) is 35.4 Å². The molecule has 1 amide bonds. The van der Waals surface area contributed by atoms with Crippen LogP contribution >= 0.6 is 23.2 Å². The fourth-order valence-corrected chi connectivity index (χ4v) is 2.97. The minimum atomic E-state index is -0.533. The molecule has 6 nitrogen and oxygen atoms in total. The number of halogens is 2. The third-order valence-electron chi connectivity index (χ3n) is 3.71. The quantitative estimate of drug-likeness (QED) is 0.545. The second-order valence-electron chi connectivity index (χ2n) is 5.41. The van der Waals surface area contributed by atoms with E-state index in [1.807, 2.05) is 0 Å². The molecule has 0 aromatic heterocycles. The van der Waals surface area contributed by atoms with Crippen LogP contribution < -0.4 is 5.73 Å². The molecule has 1 aliphatic heterocycles. The van der Waals surface area contributed by atoms with E-state index in [0.717, 1.165) is 0 Å². The van der Waals surface area contributed by atoms with Crippen molar-refractivity contribution < 1.29 is 19.7 Å². The number of amides is 1. The van der Waals surface area contributed by atoms with Crippen LogP contribution in [0.4, 0.5) is 4.79 Å². The van der Waals surface area contributed by atoms with Crippen LogP contribution in [0.3, 0.4) is 0 Å². The summed E-state index contributed by atoms with van der Waals surface area (Å²) in [6, 6.07) is 0. The molecular weight excluding hydrogens is 367 g/mol. The van der Waals surface area contributed by atoms with Crippen molar-refractivity contribution in [1.82, 2.24) is 4.90 Å². The van der Waals surface area contributed by atoms with E-state index in [-0.39, 0.29) is 23.2 Å². The summed E-state index contributed by atoms with van der Waals surface area (Å²) >= 11 is 12.1. The van der Waals surface area contributed by atoms with Crippen LogP contribution in [0.25, 0.3) is 0 Å². The van der Waals surface area contributed by atoms with Gasteiger partial charge in [0.15, 0.2) is 11.5 Å². The molecule has 1 aromatic rings. The number of nitrogens with two attached hydrogens (primary N) is 1. The lowest BCUT2D eigenvalue weighted by atomic mass is 9.98. The number of nitrogens with zero attached hydrogens (tertiary/aromatic N) is 1. The van der Waals surface area contributed by atoms with Gasteiger partial charge in [-0.2, -0.15) is 0 Å². The number of benzene rings is 1. The van der Waals surface area contributed by atoms with Crippen LogP contribution in [0.2, 0.25) is 10.0 Å². The minimum absolute atomic E-state index is 0.0182. The number of hydrogen-bond donors (Lipinski definition) is 3. The van der Waals surface area contributed by atoms with Crippen molar-refractivity contribution in [2.24, 2.45) is 5.73 Å². The molecule has 0 fully saturated rings. The van der Waals surface area contributed by atoms with Gasteiger partial charge in [0.2, 0.25) is 0 Å². The van der Waals surface area contributed by atoms with Gasteiger partial charge in [0.05, 0.1) is 16.6 Å². The Bertz CT molecular complexity index is 760. The van der Waals surface area contributed by atoms with Crippen molar-refractivity contribution in [1.29, 1.82) is 0 Å². The normalized spacial score (nSPS) is 14.1. The third-order valence-corrected chi connectivity index (χ3v) is 4.52. The van der Waals surface area contributed by atoms with E-state index in [0.29, 0.717) is 29.7 Å². The first-order chi connectivity index (χ1) is 11.9. The van der Waals surface area contributed by atoms with E-state index in [4.69, 9.17) is 33.7 Å². The molecule has 2 rings (SSSR count). The highest BCUT2D eigenvalue weighted by Crippen LogP contribution is 2.46. The van der Waals surface area contributed by atoms with Gasteiger partial charge in [0, 0.05) is 6.54 Å². The Labute approximate surface area is 155 Å². The number of fused-ring (bicyclic) bond motifs is 1. The largest absolute Gasteiger partial charge is 0.503 e. The SMILES string of the molecule is C=C(/C=C\C=C/N)COC(=O)N1CCc2c(Cl)c(O)c(O)c(Cl)c2C1. The average molecular weight is 385 g/mol. The lowest BCUT2D eigenvalue weighted by molar-refractivity contribution is 0.106. The van der Waals surface area contributed by atoms with Crippen molar-refractivity contribution in [3.63, 3.8) is 0 Å². The zero-order valence-corrected chi connectivity index (χ0v) is 14.8. The van der Waals surface area contributed by atoms with Gasteiger partial charge in [-0.15, -0.1) is 0 Å². The maximum Gasteiger partial charge on any atom is 0.410 e. The van der Waals surface area contributed by atoms with Gasteiger partial charge >= 0.3 is 6.09 Å². The zero-order chi connectivity index (χ0) is 18.6. The highest BCUT2D eigenvalue weighted by atomic mass is 35.5. The van der Waals surface area contributed by atoms with Crippen molar-refractivity contribution in [2.75, 3.05) is 13.2 Å². The lowest BCUT2D eigenvalue weighted by Gasteiger charge is -2.30. The number of carbonyl (C=O) groups is 1. The van der Waals surface area contributed by atoms with Crippen LogP contribution in [0.1, 0.15) is 11.1 Å². The Hall–Kier alpha value is -2.31.